The van der Waals surface area contributed by atoms with E-state index >= 15 is 0 Å². The SMILES string of the molecule is CCOc1cc(C(=O)NC2CCc3ccccc32)cc(OCC)c1OCC. The van der Waals surface area contributed by atoms with Gasteiger partial charge in [0.1, 0.15) is 0 Å². The lowest BCUT2D eigenvalue weighted by atomic mass is 10.1. The fourth-order valence-electron chi connectivity index (χ4n) is 3.47. The van der Waals surface area contributed by atoms with Crippen molar-refractivity contribution < 1.29 is 19.0 Å². The minimum atomic E-state index is -0.137. The number of fused-ring (bicyclic) bond motifs is 1. The number of rotatable bonds is 8. The quantitative estimate of drug-likeness (QED) is 0.754. The third-order valence-electron chi connectivity index (χ3n) is 4.61. The Balaban J connectivity index is 1.87. The molecule has 1 amide bonds. The van der Waals surface area contributed by atoms with Crippen LogP contribution in [0.1, 0.15) is 54.7 Å². The Kier molecular flexibility index (Phi) is 6.22. The lowest BCUT2D eigenvalue weighted by Gasteiger charge is -2.18. The number of hydrogen-bond acceptors (Lipinski definition) is 4. The summed E-state index contributed by atoms with van der Waals surface area (Å²) in [4.78, 5) is 12.9. The number of hydrogen-bond donors (Lipinski definition) is 1. The first-order chi connectivity index (χ1) is 13.2. The van der Waals surface area contributed by atoms with Crippen molar-refractivity contribution in [2.45, 2.75) is 39.7 Å². The summed E-state index contributed by atoms with van der Waals surface area (Å²) in [6.45, 7) is 7.16. The maximum atomic E-state index is 12.9. The zero-order valence-electron chi connectivity index (χ0n) is 16.2. The Morgan fingerprint density at radius 2 is 1.63 bits per heavy atom. The highest BCUT2D eigenvalue weighted by molar-refractivity contribution is 5.96. The summed E-state index contributed by atoms with van der Waals surface area (Å²) in [5.41, 5.74) is 3.01. The Bertz CT molecular complexity index is 776. The zero-order valence-corrected chi connectivity index (χ0v) is 16.2. The molecule has 5 nitrogen and oxygen atoms in total. The molecule has 0 bridgehead atoms. The van der Waals surface area contributed by atoms with Crippen molar-refractivity contribution in [2.75, 3.05) is 19.8 Å². The summed E-state index contributed by atoms with van der Waals surface area (Å²) < 4.78 is 17.1. The van der Waals surface area contributed by atoms with Gasteiger partial charge in [-0.25, -0.2) is 0 Å². The molecule has 0 heterocycles. The van der Waals surface area contributed by atoms with Crippen LogP contribution in [-0.4, -0.2) is 25.7 Å². The lowest BCUT2D eigenvalue weighted by molar-refractivity contribution is 0.0935. The van der Waals surface area contributed by atoms with Gasteiger partial charge in [0.15, 0.2) is 11.5 Å². The second-order valence-electron chi connectivity index (χ2n) is 6.36. The number of carbonyl (C=O) groups excluding carboxylic acids is 1. The Morgan fingerprint density at radius 3 is 2.26 bits per heavy atom. The van der Waals surface area contributed by atoms with Crippen LogP contribution in [-0.2, 0) is 6.42 Å². The molecule has 144 valence electrons. The summed E-state index contributed by atoms with van der Waals surface area (Å²) in [5, 5.41) is 3.15. The molecular formula is C22H27NO4. The number of carbonyl (C=O) groups is 1. The predicted molar refractivity (Wildman–Crippen MR) is 105 cm³/mol. The van der Waals surface area contributed by atoms with Crippen LogP contribution in [0.5, 0.6) is 17.2 Å². The van der Waals surface area contributed by atoms with Gasteiger partial charge >= 0.3 is 0 Å². The van der Waals surface area contributed by atoms with Crippen molar-refractivity contribution in [1.29, 1.82) is 0 Å². The minimum absolute atomic E-state index is 0.0337. The van der Waals surface area contributed by atoms with Crippen LogP contribution in [0.15, 0.2) is 36.4 Å². The van der Waals surface area contributed by atoms with Gasteiger partial charge in [0.05, 0.1) is 25.9 Å². The molecule has 0 spiro atoms. The van der Waals surface area contributed by atoms with Crippen LogP contribution in [0.3, 0.4) is 0 Å². The van der Waals surface area contributed by atoms with E-state index in [0.717, 1.165) is 12.8 Å². The molecule has 3 rings (SSSR count). The first-order valence-corrected chi connectivity index (χ1v) is 9.63. The Morgan fingerprint density at radius 1 is 1.00 bits per heavy atom. The van der Waals surface area contributed by atoms with Gasteiger partial charge in [-0.1, -0.05) is 24.3 Å². The van der Waals surface area contributed by atoms with E-state index in [1.807, 2.05) is 32.9 Å². The monoisotopic (exact) mass is 369 g/mol. The fourth-order valence-corrected chi connectivity index (χ4v) is 3.47. The van der Waals surface area contributed by atoms with Gasteiger partial charge in [-0.05, 0) is 56.9 Å². The molecular weight excluding hydrogens is 342 g/mol. The Hall–Kier alpha value is -2.69. The van der Waals surface area contributed by atoms with Crippen LogP contribution in [0, 0.1) is 0 Å². The van der Waals surface area contributed by atoms with Gasteiger partial charge in [-0.15, -0.1) is 0 Å². The number of amides is 1. The third-order valence-corrected chi connectivity index (χ3v) is 4.61. The second kappa shape index (κ2) is 8.80. The molecule has 0 saturated heterocycles. The molecule has 2 aromatic carbocycles. The van der Waals surface area contributed by atoms with Crippen molar-refractivity contribution in [2.24, 2.45) is 0 Å². The number of aryl methyl sites for hydroxylation is 1. The van der Waals surface area contributed by atoms with E-state index in [0.29, 0.717) is 42.6 Å². The molecule has 0 fully saturated rings. The topological polar surface area (TPSA) is 56.8 Å². The standard InChI is InChI=1S/C22H27NO4/c1-4-25-19-13-16(14-20(26-5-2)21(19)27-6-3)22(24)23-18-12-11-15-9-7-8-10-17(15)18/h7-10,13-14,18H,4-6,11-12H2,1-3H3,(H,23,24). The van der Waals surface area contributed by atoms with Crippen molar-refractivity contribution >= 4 is 5.91 Å². The molecule has 5 heteroatoms. The van der Waals surface area contributed by atoms with Crippen molar-refractivity contribution in [3.8, 4) is 17.2 Å². The van der Waals surface area contributed by atoms with Gasteiger partial charge in [-0.2, -0.15) is 0 Å². The van der Waals surface area contributed by atoms with Gasteiger partial charge in [0, 0.05) is 5.56 Å². The van der Waals surface area contributed by atoms with E-state index in [9.17, 15) is 4.79 Å². The van der Waals surface area contributed by atoms with Gasteiger partial charge in [-0.3, -0.25) is 4.79 Å². The molecule has 1 aliphatic rings. The van der Waals surface area contributed by atoms with Crippen LogP contribution < -0.4 is 19.5 Å². The molecule has 1 N–H and O–H groups in total. The van der Waals surface area contributed by atoms with Crippen LogP contribution in [0.4, 0.5) is 0 Å². The van der Waals surface area contributed by atoms with Gasteiger partial charge in [0.25, 0.3) is 5.91 Å². The average molecular weight is 369 g/mol. The maximum absolute atomic E-state index is 12.9. The molecule has 0 aromatic heterocycles. The van der Waals surface area contributed by atoms with Crippen LogP contribution in [0.2, 0.25) is 0 Å². The summed E-state index contributed by atoms with van der Waals surface area (Å²) in [6, 6.07) is 11.8. The molecule has 1 aliphatic carbocycles. The second-order valence-corrected chi connectivity index (χ2v) is 6.36. The molecule has 0 saturated carbocycles. The first-order valence-electron chi connectivity index (χ1n) is 9.63. The normalized spacial score (nSPS) is 15.1. The van der Waals surface area contributed by atoms with E-state index < -0.39 is 0 Å². The molecule has 0 aliphatic heterocycles. The fraction of sp³-hybridized carbons (Fsp3) is 0.409. The first kappa shape index (κ1) is 19.1. The summed E-state index contributed by atoms with van der Waals surface area (Å²) in [7, 11) is 0. The molecule has 1 atom stereocenters. The van der Waals surface area contributed by atoms with E-state index in [1.54, 1.807) is 12.1 Å². The highest BCUT2D eigenvalue weighted by atomic mass is 16.5. The molecule has 27 heavy (non-hydrogen) atoms. The van der Waals surface area contributed by atoms with E-state index in [-0.39, 0.29) is 11.9 Å². The average Bonchev–Trinajstić information content (AvgIpc) is 3.07. The van der Waals surface area contributed by atoms with Crippen molar-refractivity contribution in [3.63, 3.8) is 0 Å². The van der Waals surface area contributed by atoms with Crippen molar-refractivity contribution in [1.82, 2.24) is 5.32 Å². The van der Waals surface area contributed by atoms with Gasteiger partial charge in [0.2, 0.25) is 5.75 Å². The van der Waals surface area contributed by atoms with E-state index in [4.69, 9.17) is 14.2 Å². The van der Waals surface area contributed by atoms with Crippen LogP contribution >= 0.6 is 0 Å². The third kappa shape index (κ3) is 4.18. The minimum Gasteiger partial charge on any atom is -0.490 e. The summed E-state index contributed by atoms with van der Waals surface area (Å²) in [5.74, 6) is 1.47. The number of benzene rings is 2. The smallest absolute Gasteiger partial charge is 0.252 e. The summed E-state index contributed by atoms with van der Waals surface area (Å²) >= 11 is 0. The van der Waals surface area contributed by atoms with E-state index in [2.05, 4.69) is 17.4 Å². The largest absolute Gasteiger partial charge is 0.490 e. The van der Waals surface area contributed by atoms with Crippen LogP contribution in [0.25, 0.3) is 0 Å². The van der Waals surface area contributed by atoms with Crippen molar-refractivity contribution in [3.05, 3.63) is 53.1 Å². The molecule has 2 aromatic rings. The summed E-state index contributed by atoms with van der Waals surface area (Å²) in [6.07, 6.45) is 1.90. The maximum Gasteiger partial charge on any atom is 0.252 e. The molecule has 1 unspecified atom stereocenters. The number of nitrogens with one attached hydrogen (secondary N) is 1. The predicted octanol–water partition coefficient (Wildman–Crippen LogP) is 4.30. The highest BCUT2D eigenvalue weighted by Gasteiger charge is 2.25. The molecule has 0 radical (unpaired) electrons. The highest BCUT2D eigenvalue weighted by Crippen LogP contribution is 2.39. The zero-order chi connectivity index (χ0) is 19.2. The van der Waals surface area contributed by atoms with E-state index in [1.165, 1.54) is 11.1 Å². The number of ether oxygens (including phenoxy) is 3. The lowest BCUT2D eigenvalue weighted by Crippen LogP contribution is -2.27. The van der Waals surface area contributed by atoms with Gasteiger partial charge < -0.3 is 19.5 Å². The Labute approximate surface area is 160 Å².